The predicted molar refractivity (Wildman–Crippen MR) is 98.9 cm³/mol. The Morgan fingerprint density at radius 2 is 1.11 bits per heavy atom. The Bertz CT molecular complexity index is 537. The number of hydrogen-bond donors (Lipinski definition) is 0. The third-order valence-corrected chi connectivity index (χ3v) is 4.28. The molecule has 0 aromatic rings. The summed E-state index contributed by atoms with van der Waals surface area (Å²) < 4.78 is 20.2. The number of rotatable bonds is 10. The lowest BCUT2D eigenvalue weighted by molar-refractivity contribution is -0.162. The minimum atomic E-state index is -0.573. The fourth-order valence-corrected chi connectivity index (χ4v) is 2.76. The Balaban J connectivity index is 2.29. The highest BCUT2D eigenvalue weighted by Gasteiger charge is 2.32. The zero-order valence-corrected chi connectivity index (χ0v) is 16.4. The van der Waals surface area contributed by atoms with Gasteiger partial charge in [0.05, 0.1) is 11.8 Å². The van der Waals surface area contributed by atoms with Crippen LogP contribution < -0.4 is 0 Å². The predicted octanol–water partition coefficient (Wildman–Crippen LogP) is 2.11. The van der Waals surface area contributed by atoms with Crippen LogP contribution in [0.3, 0.4) is 0 Å². The molecule has 28 heavy (non-hydrogen) atoms. The van der Waals surface area contributed by atoms with Crippen LogP contribution in [0.4, 0.5) is 0 Å². The summed E-state index contributed by atoms with van der Waals surface area (Å²) in [4.78, 5) is 46.4. The zero-order chi connectivity index (χ0) is 21.1. The molecule has 1 fully saturated rings. The van der Waals surface area contributed by atoms with Gasteiger partial charge in [0, 0.05) is 12.2 Å². The van der Waals surface area contributed by atoms with Gasteiger partial charge in [0.1, 0.15) is 25.4 Å². The maximum Gasteiger partial charge on any atom is 0.330 e. The van der Waals surface area contributed by atoms with Crippen LogP contribution in [0.1, 0.15) is 39.5 Å². The Morgan fingerprint density at radius 3 is 1.39 bits per heavy atom. The molecule has 0 saturated heterocycles. The molecule has 0 aromatic carbocycles. The number of hydrogen-bond acceptors (Lipinski definition) is 8. The quantitative estimate of drug-likeness (QED) is 0.314. The van der Waals surface area contributed by atoms with Crippen molar-refractivity contribution in [2.75, 3.05) is 13.2 Å². The zero-order valence-electron chi connectivity index (χ0n) is 16.4. The van der Waals surface area contributed by atoms with E-state index >= 15 is 0 Å². The van der Waals surface area contributed by atoms with Crippen LogP contribution in [0.5, 0.6) is 0 Å². The summed E-state index contributed by atoms with van der Waals surface area (Å²) >= 11 is 0. The molecule has 2 unspecified atom stereocenters. The van der Waals surface area contributed by atoms with Gasteiger partial charge in [-0.15, -0.1) is 0 Å². The van der Waals surface area contributed by atoms with Crippen LogP contribution in [0.15, 0.2) is 25.3 Å². The monoisotopic (exact) mass is 396 g/mol. The average molecular weight is 396 g/mol. The van der Waals surface area contributed by atoms with E-state index in [1.807, 2.05) is 0 Å². The van der Waals surface area contributed by atoms with Crippen molar-refractivity contribution in [3.8, 4) is 0 Å². The van der Waals surface area contributed by atoms with E-state index in [1.54, 1.807) is 13.8 Å². The lowest BCUT2D eigenvalue weighted by atomic mass is 9.82. The molecule has 1 aliphatic rings. The van der Waals surface area contributed by atoms with Crippen molar-refractivity contribution < 1.29 is 38.1 Å². The highest BCUT2D eigenvalue weighted by Crippen LogP contribution is 2.30. The molecule has 8 nitrogen and oxygen atoms in total. The Morgan fingerprint density at radius 1 is 0.786 bits per heavy atom. The van der Waals surface area contributed by atoms with Gasteiger partial charge in [0.15, 0.2) is 0 Å². The third-order valence-electron chi connectivity index (χ3n) is 4.28. The molecular formula is C20H28O8. The van der Waals surface area contributed by atoms with Crippen molar-refractivity contribution >= 4 is 23.9 Å². The highest BCUT2D eigenvalue weighted by atomic mass is 16.6. The van der Waals surface area contributed by atoms with E-state index in [-0.39, 0.29) is 37.0 Å². The molecule has 8 heteroatoms. The van der Waals surface area contributed by atoms with Crippen LogP contribution in [-0.2, 0) is 38.1 Å². The molecule has 0 bridgehead atoms. The SMILES string of the molecule is C=CC(=O)OC(C)COC(=O)C1CCC(C(=O)OCC(C)OC(=O)C=C)CC1. The molecular weight excluding hydrogens is 368 g/mol. The molecule has 1 rings (SSSR count). The fourth-order valence-electron chi connectivity index (χ4n) is 2.76. The van der Waals surface area contributed by atoms with Crippen molar-refractivity contribution in [1.29, 1.82) is 0 Å². The van der Waals surface area contributed by atoms with Gasteiger partial charge in [-0.3, -0.25) is 9.59 Å². The Labute approximate surface area is 164 Å². The van der Waals surface area contributed by atoms with Crippen molar-refractivity contribution in [3.63, 3.8) is 0 Å². The first-order valence-electron chi connectivity index (χ1n) is 9.26. The smallest absolute Gasteiger partial charge is 0.330 e. The van der Waals surface area contributed by atoms with E-state index in [9.17, 15) is 19.2 Å². The molecule has 0 radical (unpaired) electrons. The second kappa shape index (κ2) is 11.9. The second-order valence-corrected chi connectivity index (χ2v) is 6.71. The molecule has 0 aliphatic heterocycles. The van der Waals surface area contributed by atoms with Crippen LogP contribution in [0, 0.1) is 11.8 Å². The van der Waals surface area contributed by atoms with Gasteiger partial charge < -0.3 is 18.9 Å². The first kappa shape index (κ1) is 23.4. The molecule has 1 aliphatic carbocycles. The van der Waals surface area contributed by atoms with Crippen molar-refractivity contribution in [2.24, 2.45) is 11.8 Å². The maximum atomic E-state index is 12.1. The van der Waals surface area contributed by atoms with Crippen molar-refractivity contribution in [3.05, 3.63) is 25.3 Å². The second-order valence-electron chi connectivity index (χ2n) is 6.71. The fraction of sp³-hybridized carbons (Fsp3) is 0.600. The van der Waals surface area contributed by atoms with E-state index in [0.29, 0.717) is 25.7 Å². The number of esters is 4. The van der Waals surface area contributed by atoms with Gasteiger partial charge in [-0.2, -0.15) is 0 Å². The van der Waals surface area contributed by atoms with E-state index in [2.05, 4.69) is 13.2 Å². The minimum Gasteiger partial charge on any atom is -0.462 e. The lowest BCUT2D eigenvalue weighted by Gasteiger charge is -2.26. The summed E-state index contributed by atoms with van der Waals surface area (Å²) in [6.45, 7) is 9.78. The number of carbonyl (C=O) groups is 4. The van der Waals surface area contributed by atoms with E-state index in [1.165, 1.54) is 0 Å². The molecule has 2 atom stereocenters. The van der Waals surface area contributed by atoms with Gasteiger partial charge in [0.2, 0.25) is 0 Å². The number of carbonyl (C=O) groups excluding carboxylic acids is 4. The van der Waals surface area contributed by atoms with Crippen LogP contribution in [0.2, 0.25) is 0 Å². The molecule has 156 valence electrons. The summed E-state index contributed by atoms with van der Waals surface area (Å²) in [5.74, 6) is -2.46. The van der Waals surface area contributed by atoms with E-state index < -0.39 is 24.1 Å². The molecule has 0 heterocycles. The summed E-state index contributed by atoms with van der Waals surface area (Å²) in [5, 5.41) is 0. The van der Waals surface area contributed by atoms with E-state index in [4.69, 9.17) is 18.9 Å². The molecule has 1 saturated carbocycles. The van der Waals surface area contributed by atoms with Crippen LogP contribution in [-0.4, -0.2) is 49.3 Å². The Kier molecular flexibility index (Phi) is 9.98. The first-order valence-corrected chi connectivity index (χ1v) is 9.26. The average Bonchev–Trinajstić information content (AvgIpc) is 2.69. The van der Waals surface area contributed by atoms with Gasteiger partial charge in [-0.05, 0) is 39.5 Å². The highest BCUT2D eigenvalue weighted by molar-refractivity contribution is 5.81. The van der Waals surface area contributed by atoms with Gasteiger partial charge >= 0.3 is 23.9 Å². The van der Waals surface area contributed by atoms with Crippen molar-refractivity contribution in [2.45, 2.75) is 51.7 Å². The maximum absolute atomic E-state index is 12.1. The van der Waals surface area contributed by atoms with Crippen LogP contribution >= 0.6 is 0 Å². The first-order chi connectivity index (χ1) is 13.3. The Hall–Kier alpha value is -2.64. The van der Waals surface area contributed by atoms with Crippen LogP contribution in [0.25, 0.3) is 0 Å². The molecule has 0 spiro atoms. The van der Waals surface area contributed by atoms with E-state index in [0.717, 1.165) is 12.2 Å². The molecule has 0 aromatic heterocycles. The lowest BCUT2D eigenvalue weighted by Crippen LogP contribution is -2.31. The normalized spacial score (nSPS) is 20.8. The minimum absolute atomic E-state index is 0.0261. The summed E-state index contributed by atoms with van der Waals surface area (Å²) in [7, 11) is 0. The van der Waals surface area contributed by atoms with Gasteiger partial charge in [-0.1, -0.05) is 13.2 Å². The summed E-state index contributed by atoms with van der Waals surface area (Å²) in [6, 6.07) is 0. The topological polar surface area (TPSA) is 105 Å². The standard InChI is InChI=1S/C20H28O8/c1-5-17(21)27-13(3)11-25-19(23)15-7-9-16(10-8-15)20(24)26-12-14(4)28-18(22)6-2/h5-6,13-16H,1-2,7-12H2,3-4H3. The van der Waals surface area contributed by atoms with Gasteiger partial charge in [0.25, 0.3) is 0 Å². The van der Waals surface area contributed by atoms with Gasteiger partial charge in [-0.25, -0.2) is 9.59 Å². The largest absolute Gasteiger partial charge is 0.462 e. The number of ether oxygens (including phenoxy) is 4. The molecule has 0 amide bonds. The third kappa shape index (κ3) is 8.37. The molecule has 0 N–H and O–H groups in total. The summed E-state index contributed by atoms with van der Waals surface area (Å²) in [5.41, 5.74) is 0. The van der Waals surface area contributed by atoms with Crippen molar-refractivity contribution in [1.82, 2.24) is 0 Å². The summed E-state index contributed by atoms with van der Waals surface area (Å²) in [6.07, 6.45) is 3.03.